The van der Waals surface area contributed by atoms with Gasteiger partial charge in [-0.15, -0.1) is 0 Å². The zero-order chi connectivity index (χ0) is 12.9. The Labute approximate surface area is 112 Å². The number of ether oxygens (including phenoxy) is 2. The Morgan fingerprint density at radius 2 is 1.94 bits per heavy atom. The molecule has 96 valence electrons. The van der Waals surface area contributed by atoms with Gasteiger partial charge in [0.2, 0.25) is 0 Å². The van der Waals surface area contributed by atoms with Crippen molar-refractivity contribution in [3.8, 4) is 5.75 Å². The molecule has 0 bridgehead atoms. The van der Waals surface area contributed by atoms with Gasteiger partial charge in [-0.2, -0.15) is 0 Å². The molecule has 1 aromatic rings. The highest BCUT2D eigenvalue weighted by atomic mass is 79.9. The smallest absolute Gasteiger partial charge is 0.119 e. The summed E-state index contributed by atoms with van der Waals surface area (Å²) in [6, 6.07) is 5.92. The van der Waals surface area contributed by atoms with E-state index in [0.29, 0.717) is 12.0 Å². The number of benzene rings is 1. The van der Waals surface area contributed by atoms with Crippen LogP contribution in [0.1, 0.15) is 32.8 Å². The molecule has 1 rings (SSSR count). The Hall–Kier alpha value is -0.540. The molecule has 0 heterocycles. The molecule has 0 saturated carbocycles. The van der Waals surface area contributed by atoms with Gasteiger partial charge >= 0.3 is 0 Å². The number of methoxy groups -OCH3 is 1. The first-order valence-corrected chi connectivity index (χ1v) is 6.62. The number of halogens is 1. The molecule has 0 aromatic heterocycles. The van der Waals surface area contributed by atoms with Gasteiger partial charge in [0.1, 0.15) is 5.75 Å². The maximum absolute atomic E-state index is 5.69. The van der Waals surface area contributed by atoms with Crippen LogP contribution in [0.15, 0.2) is 22.7 Å². The average Bonchev–Trinajstić information content (AvgIpc) is 2.25. The minimum absolute atomic E-state index is 0.325. The van der Waals surface area contributed by atoms with Gasteiger partial charge in [0, 0.05) is 11.1 Å². The number of rotatable bonds is 5. The Morgan fingerprint density at radius 3 is 2.53 bits per heavy atom. The largest absolute Gasteiger partial charge is 0.497 e. The minimum atomic E-state index is 0.325. The highest BCUT2D eigenvalue weighted by Gasteiger charge is 2.09. The third-order valence-corrected chi connectivity index (χ3v) is 3.28. The number of hydrogen-bond donors (Lipinski definition) is 0. The fourth-order valence-corrected chi connectivity index (χ4v) is 1.71. The van der Waals surface area contributed by atoms with E-state index in [1.165, 1.54) is 0 Å². The first kappa shape index (κ1) is 14.5. The molecule has 0 atom stereocenters. The normalized spacial score (nSPS) is 11.6. The monoisotopic (exact) mass is 300 g/mol. The van der Waals surface area contributed by atoms with E-state index < -0.39 is 0 Å². The van der Waals surface area contributed by atoms with Crippen molar-refractivity contribution in [3.63, 3.8) is 0 Å². The molecule has 0 aliphatic carbocycles. The van der Waals surface area contributed by atoms with Crippen molar-refractivity contribution in [1.29, 1.82) is 0 Å². The predicted molar refractivity (Wildman–Crippen MR) is 74.4 cm³/mol. The van der Waals surface area contributed by atoms with Crippen LogP contribution in [0, 0.1) is 5.41 Å². The standard InChI is InChI=1S/C14H21BrO2/c1-14(2,3)7-8-17-10-11-9-12(16-4)5-6-13(11)15/h5-6,9H,7-8,10H2,1-4H3. The van der Waals surface area contributed by atoms with Crippen LogP contribution in [-0.4, -0.2) is 13.7 Å². The van der Waals surface area contributed by atoms with Crippen molar-refractivity contribution in [2.45, 2.75) is 33.8 Å². The Bertz CT molecular complexity index is 356. The first-order valence-electron chi connectivity index (χ1n) is 5.82. The van der Waals surface area contributed by atoms with Crippen LogP contribution in [-0.2, 0) is 11.3 Å². The average molecular weight is 301 g/mol. The quantitative estimate of drug-likeness (QED) is 0.750. The van der Waals surface area contributed by atoms with E-state index in [1.54, 1.807) is 7.11 Å². The predicted octanol–water partition coefficient (Wildman–Crippen LogP) is 4.41. The van der Waals surface area contributed by atoms with Gasteiger partial charge in [-0.05, 0) is 35.6 Å². The Morgan fingerprint density at radius 1 is 1.24 bits per heavy atom. The van der Waals surface area contributed by atoms with Gasteiger partial charge in [0.15, 0.2) is 0 Å². The fourth-order valence-electron chi connectivity index (χ4n) is 1.35. The van der Waals surface area contributed by atoms with Crippen LogP contribution in [0.4, 0.5) is 0 Å². The lowest BCUT2D eigenvalue weighted by atomic mass is 9.93. The molecule has 0 aliphatic heterocycles. The van der Waals surface area contributed by atoms with Gasteiger partial charge in [0.25, 0.3) is 0 Å². The summed E-state index contributed by atoms with van der Waals surface area (Å²) in [7, 11) is 1.67. The van der Waals surface area contributed by atoms with E-state index in [2.05, 4.69) is 36.7 Å². The van der Waals surface area contributed by atoms with E-state index in [9.17, 15) is 0 Å². The van der Waals surface area contributed by atoms with Gasteiger partial charge < -0.3 is 9.47 Å². The zero-order valence-electron chi connectivity index (χ0n) is 11.0. The van der Waals surface area contributed by atoms with Gasteiger partial charge in [0.05, 0.1) is 13.7 Å². The van der Waals surface area contributed by atoms with Crippen molar-refractivity contribution in [1.82, 2.24) is 0 Å². The summed E-state index contributed by atoms with van der Waals surface area (Å²) >= 11 is 3.52. The molecule has 3 heteroatoms. The van der Waals surface area contributed by atoms with Crippen LogP contribution in [0.2, 0.25) is 0 Å². The summed E-state index contributed by atoms with van der Waals surface area (Å²) in [6.07, 6.45) is 1.06. The van der Waals surface area contributed by atoms with E-state index in [1.807, 2.05) is 18.2 Å². The van der Waals surface area contributed by atoms with E-state index in [0.717, 1.165) is 28.8 Å². The van der Waals surface area contributed by atoms with Crippen molar-refractivity contribution in [2.24, 2.45) is 5.41 Å². The second-order valence-corrected chi connectivity index (χ2v) is 6.17. The van der Waals surface area contributed by atoms with Crippen molar-refractivity contribution in [2.75, 3.05) is 13.7 Å². The summed E-state index contributed by atoms with van der Waals surface area (Å²) < 4.78 is 11.9. The molecule has 0 radical (unpaired) electrons. The van der Waals surface area contributed by atoms with E-state index in [4.69, 9.17) is 9.47 Å². The molecule has 0 saturated heterocycles. The molecule has 0 spiro atoms. The zero-order valence-corrected chi connectivity index (χ0v) is 12.6. The Balaban J connectivity index is 2.46. The third kappa shape index (κ3) is 5.55. The summed E-state index contributed by atoms with van der Waals surface area (Å²) in [4.78, 5) is 0. The maximum atomic E-state index is 5.69. The summed E-state index contributed by atoms with van der Waals surface area (Å²) in [5.74, 6) is 0.864. The molecule has 0 aliphatic rings. The minimum Gasteiger partial charge on any atom is -0.497 e. The second-order valence-electron chi connectivity index (χ2n) is 5.32. The maximum Gasteiger partial charge on any atom is 0.119 e. The van der Waals surface area contributed by atoms with Crippen molar-refractivity contribution in [3.05, 3.63) is 28.2 Å². The van der Waals surface area contributed by atoms with E-state index >= 15 is 0 Å². The van der Waals surface area contributed by atoms with E-state index in [-0.39, 0.29) is 0 Å². The van der Waals surface area contributed by atoms with Crippen LogP contribution < -0.4 is 4.74 Å². The van der Waals surface area contributed by atoms with Gasteiger partial charge in [-0.3, -0.25) is 0 Å². The molecular formula is C14H21BrO2. The molecule has 0 fully saturated rings. The van der Waals surface area contributed by atoms with Crippen LogP contribution >= 0.6 is 15.9 Å². The van der Waals surface area contributed by atoms with Crippen molar-refractivity contribution >= 4 is 15.9 Å². The van der Waals surface area contributed by atoms with Gasteiger partial charge in [-0.1, -0.05) is 36.7 Å². The lowest BCUT2D eigenvalue weighted by molar-refractivity contribution is 0.0957. The fraction of sp³-hybridized carbons (Fsp3) is 0.571. The molecule has 0 unspecified atom stereocenters. The summed E-state index contributed by atoms with van der Waals surface area (Å²) in [5, 5.41) is 0. The van der Waals surface area contributed by atoms with Crippen LogP contribution in [0.25, 0.3) is 0 Å². The third-order valence-electron chi connectivity index (χ3n) is 2.51. The topological polar surface area (TPSA) is 18.5 Å². The van der Waals surface area contributed by atoms with Crippen LogP contribution in [0.3, 0.4) is 0 Å². The lowest BCUT2D eigenvalue weighted by Crippen LogP contribution is -2.09. The van der Waals surface area contributed by atoms with Crippen molar-refractivity contribution < 1.29 is 9.47 Å². The summed E-state index contributed by atoms with van der Waals surface area (Å²) in [6.45, 7) is 8.06. The highest BCUT2D eigenvalue weighted by Crippen LogP contribution is 2.24. The highest BCUT2D eigenvalue weighted by molar-refractivity contribution is 9.10. The molecule has 17 heavy (non-hydrogen) atoms. The molecular weight excluding hydrogens is 280 g/mol. The van der Waals surface area contributed by atoms with Crippen LogP contribution in [0.5, 0.6) is 5.75 Å². The Kier molecular flexibility index (Phi) is 5.47. The molecule has 0 N–H and O–H groups in total. The number of hydrogen-bond acceptors (Lipinski definition) is 2. The molecule has 0 amide bonds. The molecule has 1 aromatic carbocycles. The van der Waals surface area contributed by atoms with Gasteiger partial charge in [-0.25, -0.2) is 0 Å². The lowest BCUT2D eigenvalue weighted by Gasteiger charge is -2.17. The SMILES string of the molecule is COc1ccc(Br)c(COCCC(C)(C)C)c1. The molecule has 2 nitrogen and oxygen atoms in total. The first-order chi connectivity index (χ1) is 7.92. The second kappa shape index (κ2) is 6.41. The summed E-state index contributed by atoms with van der Waals surface area (Å²) in [5.41, 5.74) is 1.45.